The first kappa shape index (κ1) is 20.6. The Morgan fingerprint density at radius 2 is 1.87 bits per heavy atom. The lowest BCUT2D eigenvalue weighted by atomic mass is 10.1. The van der Waals surface area contributed by atoms with Gasteiger partial charge in [0.25, 0.3) is 5.91 Å². The van der Waals surface area contributed by atoms with Crippen LogP contribution in [0.4, 0.5) is 0 Å². The van der Waals surface area contributed by atoms with Crippen LogP contribution in [0.5, 0.6) is 0 Å². The Labute approximate surface area is 181 Å². The summed E-state index contributed by atoms with van der Waals surface area (Å²) < 4.78 is 1.83. The van der Waals surface area contributed by atoms with Crippen molar-refractivity contribution in [2.24, 2.45) is 7.05 Å². The number of rotatable bonds is 4. The Balaban J connectivity index is 1.43. The number of H-pyrrole nitrogens is 1. The van der Waals surface area contributed by atoms with Crippen LogP contribution in [-0.2, 0) is 7.05 Å². The lowest BCUT2D eigenvalue weighted by Gasteiger charge is -2.38. The molecule has 3 aromatic rings. The predicted octanol–water partition coefficient (Wildman–Crippen LogP) is 3.60. The van der Waals surface area contributed by atoms with E-state index in [0.717, 1.165) is 46.3 Å². The zero-order valence-corrected chi connectivity index (χ0v) is 18.6. The number of aromatic amines is 1. The van der Waals surface area contributed by atoms with Gasteiger partial charge in [0.05, 0.1) is 11.4 Å². The summed E-state index contributed by atoms with van der Waals surface area (Å²) >= 11 is 6.37. The van der Waals surface area contributed by atoms with E-state index < -0.39 is 0 Å². The van der Waals surface area contributed by atoms with Crippen molar-refractivity contribution in [1.82, 2.24) is 29.8 Å². The molecule has 0 bridgehead atoms. The number of nitrogens with one attached hydrogen (secondary N) is 1. The maximum atomic E-state index is 13.0. The molecule has 2 aromatic heterocycles. The van der Waals surface area contributed by atoms with Crippen LogP contribution < -0.4 is 0 Å². The van der Waals surface area contributed by atoms with Crippen molar-refractivity contribution < 1.29 is 4.79 Å². The van der Waals surface area contributed by atoms with Crippen LogP contribution in [0.1, 0.15) is 40.4 Å². The van der Waals surface area contributed by atoms with E-state index in [4.69, 9.17) is 11.6 Å². The van der Waals surface area contributed by atoms with E-state index in [9.17, 15) is 4.79 Å². The van der Waals surface area contributed by atoms with Crippen LogP contribution in [0.25, 0.3) is 11.3 Å². The second-order valence-electron chi connectivity index (χ2n) is 7.86. The van der Waals surface area contributed by atoms with Crippen LogP contribution in [0.3, 0.4) is 0 Å². The summed E-state index contributed by atoms with van der Waals surface area (Å²) in [6, 6.07) is 10.00. The Kier molecular flexibility index (Phi) is 5.66. The molecule has 1 aromatic carbocycles. The van der Waals surface area contributed by atoms with Crippen LogP contribution >= 0.6 is 11.6 Å². The number of halogens is 1. The summed E-state index contributed by atoms with van der Waals surface area (Å²) in [6.07, 6.45) is 0. The number of hydrogen-bond acceptors (Lipinski definition) is 4. The molecule has 8 heteroatoms. The molecule has 1 atom stereocenters. The van der Waals surface area contributed by atoms with Gasteiger partial charge in [0.2, 0.25) is 0 Å². The van der Waals surface area contributed by atoms with Crippen molar-refractivity contribution in [3.05, 3.63) is 58.0 Å². The maximum absolute atomic E-state index is 13.0. The topological polar surface area (TPSA) is 70.1 Å². The zero-order valence-electron chi connectivity index (χ0n) is 17.8. The van der Waals surface area contributed by atoms with Crippen molar-refractivity contribution in [2.45, 2.75) is 26.8 Å². The lowest BCUT2D eigenvalue weighted by molar-refractivity contribution is 0.0576. The van der Waals surface area contributed by atoms with Gasteiger partial charge >= 0.3 is 0 Å². The number of aromatic nitrogens is 4. The fourth-order valence-electron chi connectivity index (χ4n) is 4.20. The number of amides is 1. The molecule has 1 fully saturated rings. The molecule has 1 amide bonds. The van der Waals surface area contributed by atoms with Gasteiger partial charge < -0.3 is 4.90 Å². The average molecular weight is 427 g/mol. The molecule has 0 saturated carbocycles. The summed E-state index contributed by atoms with van der Waals surface area (Å²) in [5.74, 6) is -0.0157. The van der Waals surface area contributed by atoms with E-state index in [0.29, 0.717) is 18.8 Å². The molecule has 0 spiro atoms. The van der Waals surface area contributed by atoms with E-state index in [1.165, 1.54) is 0 Å². The van der Waals surface area contributed by atoms with Crippen LogP contribution in [-0.4, -0.2) is 61.9 Å². The minimum atomic E-state index is -0.0157. The van der Waals surface area contributed by atoms with Gasteiger partial charge in [-0.15, -0.1) is 0 Å². The van der Waals surface area contributed by atoms with Gasteiger partial charge in [-0.05, 0) is 38.5 Å². The third-order valence-electron chi connectivity index (χ3n) is 6.08. The minimum Gasteiger partial charge on any atom is -0.335 e. The molecule has 1 aliphatic rings. The molecule has 0 aliphatic carbocycles. The third kappa shape index (κ3) is 3.75. The van der Waals surface area contributed by atoms with Gasteiger partial charge in [-0.2, -0.15) is 10.2 Å². The Bertz CT molecular complexity index is 1060. The molecule has 1 unspecified atom stereocenters. The van der Waals surface area contributed by atoms with Gasteiger partial charge in [-0.25, -0.2) is 0 Å². The quantitative estimate of drug-likeness (QED) is 0.692. The number of carbonyl (C=O) groups is 1. The van der Waals surface area contributed by atoms with E-state index in [1.54, 1.807) is 0 Å². The summed E-state index contributed by atoms with van der Waals surface area (Å²) in [7, 11) is 1.91. The summed E-state index contributed by atoms with van der Waals surface area (Å²) in [6.45, 7) is 9.08. The predicted molar refractivity (Wildman–Crippen MR) is 118 cm³/mol. The molecule has 158 valence electrons. The molecule has 3 heterocycles. The summed E-state index contributed by atoms with van der Waals surface area (Å²) in [4.78, 5) is 17.3. The normalized spacial score (nSPS) is 16.1. The van der Waals surface area contributed by atoms with E-state index in [-0.39, 0.29) is 11.9 Å². The van der Waals surface area contributed by atoms with Gasteiger partial charge in [0, 0.05) is 55.5 Å². The monoisotopic (exact) mass is 426 g/mol. The highest BCUT2D eigenvalue weighted by molar-refractivity contribution is 6.31. The number of piperazine rings is 1. The zero-order chi connectivity index (χ0) is 21.4. The Morgan fingerprint density at radius 3 is 2.50 bits per heavy atom. The molecule has 0 radical (unpaired) electrons. The van der Waals surface area contributed by atoms with Crippen molar-refractivity contribution in [1.29, 1.82) is 0 Å². The number of benzene rings is 1. The number of aryl methyl sites for hydroxylation is 2. The standard InChI is InChI=1S/C22H27ClN6O/c1-14-21(16(3)27(4)26-14)19-13-20(25-24-19)22(30)29-11-9-28(10-12-29)15(2)17-7-5-6-8-18(17)23/h5-8,13,15H,9-12H2,1-4H3,(H,24,25). The number of carbonyl (C=O) groups excluding carboxylic acids is 1. The van der Waals surface area contributed by atoms with E-state index in [1.807, 2.05) is 54.7 Å². The van der Waals surface area contributed by atoms with Gasteiger partial charge in [0.1, 0.15) is 5.69 Å². The summed E-state index contributed by atoms with van der Waals surface area (Å²) in [5.41, 5.74) is 5.31. The molecular formula is C22H27ClN6O. The fourth-order valence-corrected chi connectivity index (χ4v) is 4.49. The second kappa shape index (κ2) is 8.24. The van der Waals surface area contributed by atoms with E-state index >= 15 is 0 Å². The highest BCUT2D eigenvalue weighted by Crippen LogP contribution is 2.28. The maximum Gasteiger partial charge on any atom is 0.271 e. The second-order valence-corrected chi connectivity index (χ2v) is 8.27. The van der Waals surface area contributed by atoms with Crippen molar-refractivity contribution >= 4 is 17.5 Å². The molecule has 1 saturated heterocycles. The molecule has 1 N–H and O–H groups in total. The first-order valence-electron chi connectivity index (χ1n) is 10.2. The van der Waals surface area contributed by atoms with Crippen molar-refractivity contribution in [3.63, 3.8) is 0 Å². The highest BCUT2D eigenvalue weighted by atomic mass is 35.5. The number of nitrogens with zero attached hydrogens (tertiary/aromatic N) is 5. The van der Waals surface area contributed by atoms with Crippen LogP contribution in [0.15, 0.2) is 30.3 Å². The lowest BCUT2D eigenvalue weighted by Crippen LogP contribution is -2.49. The van der Waals surface area contributed by atoms with E-state index in [2.05, 4.69) is 33.2 Å². The van der Waals surface area contributed by atoms with Crippen molar-refractivity contribution in [2.75, 3.05) is 26.2 Å². The number of hydrogen-bond donors (Lipinski definition) is 1. The molecular weight excluding hydrogens is 400 g/mol. The third-order valence-corrected chi connectivity index (χ3v) is 6.42. The molecule has 30 heavy (non-hydrogen) atoms. The fraction of sp³-hybridized carbons (Fsp3) is 0.409. The van der Waals surface area contributed by atoms with Crippen molar-refractivity contribution in [3.8, 4) is 11.3 Å². The van der Waals surface area contributed by atoms with Crippen LogP contribution in [0, 0.1) is 13.8 Å². The average Bonchev–Trinajstić information content (AvgIpc) is 3.31. The van der Waals surface area contributed by atoms with Gasteiger partial charge in [-0.3, -0.25) is 19.5 Å². The largest absolute Gasteiger partial charge is 0.335 e. The van der Waals surface area contributed by atoms with Gasteiger partial charge in [0.15, 0.2) is 0 Å². The molecule has 7 nitrogen and oxygen atoms in total. The first-order chi connectivity index (χ1) is 14.4. The smallest absolute Gasteiger partial charge is 0.271 e. The minimum absolute atomic E-state index is 0.0157. The Hall–Kier alpha value is -2.64. The SMILES string of the molecule is Cc1nn(C)c(C)c1-c1cc(C(=O)N2CCN(C(C)c3ccccc3Cl)CC2)[nH]n1. The van der Waals surface area contributed by atoms with Gasteiger partial charge in [-0.1, -0.05) is 29.8 Å². The summed E-state index contributed by atoms with van der Waals surface area (Å²) in [5, 5.41) is 12.5. The Morgan fingerprint density at radius 1 is 1.17 bits per heavy atom. The van der Waals surface area contributed by atoms with Crippen LogP contribution in [0.2, 0.25) is 5.02 Å². The first-order valence-corrected chi connectivity index (χ1v) is 10.6. The molecule has 1 aliphatic heterocycles. The molecule has 4 rings (SSSR count). The highest BCUT2D eigenvalue weighted by Gasteiger charge is 2.27.